The lowest BCUT2D eigenvalue weighted by Crippen LogP contribution is -2.30. The SMILES string of the molecule is CN(Cc1ccccc1)C(=O)COC(=O)c1ccc(F)cc1N. The van der Waals surface area contributed by atoms with E-state index in [1.54, 1.807) is 7.05 Å². The zero-order valence-corrected chi connectivity index (χ0v) is 12.7. The summed E-state index contributed by atoms with van der Waals surface area (Å²) < 4.78 is 17.9. The summed E-state index contributed by atoms with van der Waals surface area (Å²) in [7, 11) is 1.62. The molecule has 0 atom stereocenters. The Morgan fingerprint density at radius 3 is 2.52 bits per heavy atom. The third kappa shape index (κ3) is 4.54. The first-order valence-corrected chi connectivity index (χ1v) is 6.97. The van der Waals surface area contributed by atoms with Crippen molar-refractivity contribution in [2.75, 3.05) is 19.4 Å². The molecule has 1 amide bonds. The number of anilines is 1. The average molecular weight is 316 g/mol. The van der Waals surface area contributed by atoms with E-state index in [1.165, 1.54) is 11.0 Å². The van der Waals surface area contributed by atoms with Gasteiger partial charge in [-0.05, 0) is 23.8 Å². The predicted molar refractivity (Wildman–Crippen MR) is 84.0 cm³/mol. The summed E-state index contributed by atoms with van der Waals surface area (Å²) in [5.41, 5.74) is 6.53. The number of nitrogens with two attached hydrogens (primary N) is 1. The van der Waals surface area contributed by atoms with Gasteiger partial charge in [0.1, 0.15) is 5.82 Å². The summed E-state index contributed by atoms with van der Waals surface area (Å²) in [6.07, 6.45) is 0. The van der Waals surface area contributed by atoms with Crippen molar-refractivity contribution < 1.29 is 18.7 Å². The Labute approximate surface area is 133 Å². The molecular formula is C17H17FN2O3. The van der Waals surface area contributed by atoms with Crippen LogP contribution in [0.3, 0.4) is 0 Å². The summed E-state index contributed by atoms with van der Waals surface area (Å²) in [4.78, 5) is 25.3. The van der Waals surface area contributed by atoms with Gasteiger partial charge < -0.3 is 15.4 Å². The van der Waals surface area contributed by atoms with Crippen LogP contribution >= 0.6 is 0 Å². The average Bonchev–Trinajstić information content (AvgIpc) is 2.53. The molecule has 23 heavy (non-hydrogen) atoms. The Balaban J connectivity index is 1.89. The molecule has 5 nitrogen and oxygen atoms in total. The summed E-state index contributed by atoms with van der Waals surface area (Å²) in [6, 6.07) is 12.8. The molecule has 0 heterocycles. The van der Waals surface area contributed by atoms with E-state index < -0.39 is 18.4 Å². The molecule has 0 radical (unpaired) electrons. The molecule has 2 aromatic carbocycles. The van der Waals surface area contributed by atoms with Crippen LogP contribution < -0.4 is 5.73 Å². The van der Waals surface area contributed by atoms with E-state index in [2.05, 4.69) is 0 Å². The van der Waals surface area contributed by atoms with Crippen LogP contribution in [0.4, 0.5) is 10.1 Å². The standard InChI is InChI=1S/C17H17FN2O3/c1-20(10-12-5-3-2-4-6-12)16(21)11-23-17(22)14-8-7-13(18)9-15(14)19/h2-9H,10-11,19H2,1H3. The van der Waals surface area contributed by atoms with Gasteiger partial charge in [-0.2, -0.15) is 0 Å². The van der Waals surface area contributed by atoms with Crippen molar-refractivity contribution in [1.29, 1.82) is 0 Å². The number of amides is 1. The molecule has 120 valence electrons. The van der Waals surface area contributed by atoms with Crippen molar-refractivity contribution in [2.45, 2.75) is 6.54 Å². The van der Waals surface area contributed by atoms with E-state index in [0.29, 0.717) is 6.54 Å². The quantitative estimate of drug-likeness (QED) is 0.678. The first-order valence-electron chi connectivity index (χ1n) is 6.97. The lowest BCUT2D eigenvalue weighted by molar-refractivity contribution is -0.133. The highest BCUT2D eigenvalue weighted by Gasteiger charge is 2.16. The first kappa shape index (κ1) is 16.5. The van der Waals surface area contributed by atoms with Crippen LogP contribution in [-0.4, -0.2) is 30.4 Å². The number of ether oxygens (including phenoxy) is 1. The lowest BCUT2D eigenvalue weighted by atomic mass is 10.2. The molecule has 0 aliphatic carbocycles. The highest BCUT2D eigenvalue weighted by Crippen LogP contribution is 2.14. The van der Waals surface area contributed by atoms with E-state index in [0.717, 1.165) is 17.7 Å². The van der Waals surface area contributed by atoms with Gasteiger partial charge >= 0.3 is 5.97 Å². The molecule has 2 aromatic rings. The Morgan fingerprint density at radius 2 is 1.87 bits per heavy atom. The van der Waals surface area contributed by atoms with Crippen LogP contribution in [-0.2, 0) is 16.1 Å². The molecule has 0 saturated carbocycles. The number of esters is 1. The van der Waals surface area contributed by atoms with E-state index in [4.69, 9.17) is 10.5 Å². The van der Waals surface area contributed by atoms with Crippen LogP contribution in [0.25, 0.3) is 0 Å². The highest BCUT2D eigenvalue weighted by atomic mass is 19.1. The van der Waals surface area contributed by atoms with Crippen LogP contribution in [0.2, 0.25) is 0 Å². The van der Waals surface area contributed by atoms with Gasteiger partial charge in [0.2, 0.25) is 0 Å². The van der Waals surface area contributed by atoms with Crippen molar-refractivity contribution in [2.24, 2.45) is 0 Å². The fourth-order valence-corrected chi connectivity index (χ4v) is 1.98. The van der Waals surface area contributed by atoms with Gasteiger partial charge in [-0.3, -0.25) is 4.79 Å². The number of carbonyl (C=O) groups excluding carboxylic acids is 2. The van der Waals surface area contributed by atoms with E-state index in [-0.39, 0.29) is 17.2 Å². The number of likely N-dealkylation sites (N-methyl/N-ethyl adjacent to an activating group) is 1. The molecule has 2 N–H and O–H groups in total. The summed E-state index contributed by atoms with van der Waals surface area (Å²) in [6.45, 7) is 0.00882. The van der Waals surface area contributed by atoms with Gasteiger partial charge in [0, 0.05) is 19.3 Å². The second-order valence-electron chi connectivity index (χ2n) is 5.04. The maximum absolute atomic E-state index is 12.9. The third-order valence-electron chi connectivity index (χ3n) is 3.25. The predicted octanol–water partition coefficient (Wildman–Crippen LogP) is 2.22. The van der Waals surface area contributed by atoms with Crippen LogP contribution in [0, 0.1) is 5.82 Å². The second-order valence-corrected chi connectivity index (χ2v) is 5.04. The molecule has 0 aliphatic rings. The number of carbonyl (C=O) groups is 2. The third-order valence-corrected chi connectivity index (χ3v) is 3.25. The molecule has 0 bridgehead atoms. The lowest BCUT2D eigenvalue weighted by Gasteiger charge is -2.17. The fourth-order valence-electron chi connectivity index (χ4n) is 1.98. The fraction of sp³-hybridized carbons (Fsp3) is 0.176. The summed E-state index contributed by atoms with van der Waals surface area (Å²) in [5, 5.41) is 0. The number of hydrogen-bond acceptors (Lipinski definition) is 4. The zero-order chi connectivity index (χ0) is 16.8. The van der Waals surface area contributed by atoms with Gasteiger partial charge in [0.25, 0.3) is 5.91 Å². The number of halogens is 1. The van der Waals surface area contributed by atoms with Gasteiger partial charge in [-0.15, -0.1) is 0 Å². The van der Waals surface area contributed by atoms with Gasteiger partial charge in [-0.25, -0.2) is 9.18 Å². The molecule has 0 aromatic heterocycles. The van der Waals surface area contributed by atoms with E-state index >= 15 is 0 Å². The van der Waals surface area contributed by atoms with Gasteiger partial charge in [0.15, 0.2) is 6.61 Å². The molecule has 0 aliphatic heterocycles. The summed E-state index contributed by atoms with van der Waals surface area (Å²) >= 11 is 0. The van der Waals surface area contributed by atoms with Crippen molar-refractivity contribution >= 4 is 17.6 Å². The molecule has 2 rings (SSSR count). The van der Waals surface area contributed by atoms with Gasteiger partial charge in [0.05, 0.1) is 5.56 Å². The monoisotopic (exact) mass is 316 g/mol. The molecular weight excluding hydrogens is 299 g/mol. The largest absolute Gasteiger partial charge is 0.452 e. The first-order chi connectivity index (χ1) is 11.0. The minimum Gasteiger partial charge on any atom is -0.452 e. The number of rotatable bonds is 5. The molecule has 0 fully saturated rings. The van der Waals surface area contributed by atoms with Crippen LogP contribution in [0.15, 0.2) is 48.5 Å². The maximum atomic E-state index is 12.9. The molecule has 0 spiro atoms. The van der Waals surface area contributed by atoms with Gasteiger partial charge in [-0.1, -0.05) is 30.3 Å². The van der Waals surface area contributed by atoms with E-state index in [9.17, 15) is 14.0 Å². The smallest absolute Gasteiger partial charge is 0.340 e. The maximum Gasteiger partial charge on any atom is 0.340 e. The van der Waals surface area contributed by atoms with Crippen LogP contribution in [0.1, 0.15) is 15.9 Å². The Morgan fingerprint density at radius 1 is 1.17 bits per heavy atom. The molecule has 0 unspecified atom stereocenters. The van der Waals surface area contributed by atoms with Crippen molar-refractivity contribution in [3.8, 4) is 0 Å². The molecule has 0 saturated heterocycles. The minimum absolute atomic E-state index is 0.0277. The van der Waals surface area contributed by atoms with E-state index in [1.807, 2.05) is 30.3 Å². The number of hydrogen-bond donors (Lipinski definition) is 1. The molecule has 6 heteroatoms. The van der Waals surface area contributed by atoms with Crippen molar-refractivity contribution in [3.05, 3.63) is 65.5 Å². The Hall–Kier alpha value is -2.89. The summed E-state index contributed by atoms with van der Waals surface area (Å²) in [5.74, 6) is -1.65. The minimum atomic E-state index is -0.760. The number of nitrogen functional groups attached to an aromatic ring is 1. The van der Waals surface area contributed by atoms with Crippen LogP contribution in [0.5, 0.6) is 0 Å². The highest BCUT2D eigenvalue weighted by molar-refractivity contribution is 5.96. The Bertz CT molecular complexity index is 704. The van der Waals surface area contributed by atoms with Crippen molar-refractivity contribution in [3.63, 3.8) is 0 Å². The topological polar surface area (TPSA) is 72.6 Å². The Kier molecular flexibility index (Phi) is 5.30. The zero-order valence-electron chi connectivity index (χ0n) is 12.7. The normalized spacial score (nSPS) is 10.2. The number of nitrogens with zero attached hydrogens (tertiary/aromatic N) is 1. The number of benzene rings is 2. The van der Waals surface area contributed by atoms with Crippen molar-refractivity contribution in [1.82, 2.24) is 4.90 Å². The second kappa shape index (κ2) is 7.40.